The number of hydrogen-bond acceptors (Lipinski definition) is 4. The molecular formula is C16H14Cl2N2O4. The fourth-order valence-electron chi connectivity index (χ4n) is 1.88. The van der Waals surface area contributed by atoms with Gasteiger partial charge in [-0.3, -0.25) is 14.9 Å². The second-order valence-corrected chi connectivity index (χ2v) is 5.82. The van der Waals surface area contributed by atoms with E-state index in [1.807, 2.05) is 0 Å². The molecule has 0 fully saturated rings. The molecule has 0 bridgehead atoms. The first-order chi connectivity index (χ1) is 11.4. The molecule has 8 heteroatoms. The van der Waals surface area contributed by atoms with Gasteiger partial charge < -0.3 is 10.1 Å². The van der Waals surface area contributed by atoms with E-state index in [1.165, 1.54) is 18.2 Å². The Bertz CT molecular complexity index is 750. The number of benzene rings is 2. The van der Waals surface area contributed by atoms with Crippen LogP contribution < -0.4 is 10.1 Å². The predicted octanol–water partition coefficient (Wildman–Crippen LogP) is 3.99. The van der Waals surface area contributed by atoms with Crippen molar-refractivity contribution in [1.29, 1.82) is 0 Å². The highest BCUT2D eigenvalue weighted by molar-refractivity contribution is 6.32. The summed E-state index contributed by atoms with van der Waals surface area (Å²) in [7, 11) is 0. The largest absolute Gasteiger partial charge is 0.479 e. The Kier molecular flexibility index (Phi) is 6.00. The Balaban J connectivity index is 1.93. The molecule has 0 saturated heterocycles. The Labute approximate surface area is 148 Å². The number of halogens is 2. The van der Waals surface area contributed by atoms with Gasteiger partial charge in [0, 0.05) is 23.7 Å². The lowest BCUT2D eigenvalue weighted by Crippen LogP contribution is -2.35. The SMILES string of the molecule is CC(Oc1ccc([N+](=O)[O-])cc1Cl)C(=O)NCc1ccc(Cl)cc1. The third kappa shape index (κ3) is 4.84. The fourth-order valence-corrected chi connectivity index (χ4v) is 2.22. The van der Waals surface area contributed by atoms with Crippen LogP contribution in [0.25, 0.3) is 0 Å². The second kappa shape index (κ2) is 7.99. The first kappa shape index (κ1) is 18.0. The zero-order chi connectivity index (χ0) is 17.7. The van der Waals surface area contributed by atoms with E-state index in [2.05, 4.69) is 5.32 Å². The summed E-state index contributed by atoms with van der Waals surface area (Å²) in [5.74, 6) is -0.129. The molecule has 24 heavy (non-hydrogen) atoms. The minimum atomic E-state index is -0.809. The van der Waals surface area contributed by atoms with E-state index in [4.69, 9.17) is 27.9 Å². The topological polar surface area (TPSA) is 81.5 Å². The van der Waals surface area contributed by atoms with Crippen molar-refractivity contribution >= 4 is 34.8 Å². The number of non-ortho nitro benzene ring substituents is 1. The van der Waals surface area contributed by atoms with E-state index in [9.17, 15) is 14.9 Å². The molecule has 0 radical (unpaired) electrons. The summed E-state index contributed by atoms with van der Waals surface area (Å²) in [4.78, 5) is 22.2. The van der Waals surface area contributed by atoms with E-state index in [0.717, 1.165) is 5.56 Å². The smallest absolute Gasteiger partial charge is 0.271 e. The molecule has 1 N–H and O–H groups in total. The Morgan fingerprint density at radius 1 is 1.25 bits per heavy atom. The van der Waals surface area contributed by atoms with Crippen molar-refractivity contribution in [1.82, 2.24) is 5.32 Å². The maximum absolute atomic E-state index is 12.1. The molecule has 0 aromatic heterocycles. The second-order valence-electron chi connectivity index (χ2n) is 4.98. The predicted molar refractivity (Wildman–Crippen MR) is 91.5 cm³/mol. The maximum Gasteiger partial charge on any atom is 0.271 e. The normalized spacial score (nSPS) is 11.6. The van der Waals surface area contributed by atoms with Crippen LogP contribution in [0.1, 0.15) is 12.5 Å². The lowest BCUT2D eigenvalue weighted by atomic mass is 10.2. The summed E-state index contributed by atoms with van der Waals surface area (Å²) < 4.78 is 5.46. The van der Waals surface area contributed by atoms with Gasteiger partial charge in [-0.15, -0.1) is 0 Å². The summed E-state index contributed by atoms with van der Waals surface area (Å²) >= 11 is 11.7. The van der Waals surface area contributed by atoms with E-state index in [-0.39, 0.29) is 22.4 Å². The van der Waals surface area contributed by atoms with Crippen LogP contribution in [-0.4, -0.2) is 16.9 Å². The summed E-state index contributed by atoms with van der Waals surface area (Å²) in [5, 5.41) is 14.1. The zero-order valence-corrected chi connectivity index (χ0v) is 14.2. The number of nitro benzene ring substituents is 1. The highest BCUT2D eigenvalue weighted by Crippen LogP contribution is 2.29. The van der Waals surface area contributed by atoms with Crippen LogP contribution in [0.2, 0.25) is 10.0 Å². The first-order valence-electron chi connectivity index (χ1n) is 6.99. The molecular weight excluding hydrogens is 355 g/mol. The van der Waals surface area contributed by atoms with E-state index < -0.39 is 11.0 Å². The van der Waals surface area contributed by atoms with Crippen molar-refractivity contribution in [2.75, 3.05) is 0 Å². The quantitative estimate of drug-likeness (QED) is 0.617. The molecule has 1 amide bonds. The van der Waals surface area contributed by atoms with Crippen LogP contribution in [0.3, 0.4) is 0 Å². The van der Waals surface area contributed by atoms with E-state index in [1.54, 1.807) is 31.2 Å². The molecule has 0 aliphatic rings. The lowest BCUT2D eigenvalue weighted by Gasteiger charge is -2.15. The summed E-state index contributed by atoms with van der Waals surface area (Å²) in [6.45, 7) is 1.90. The molecule has 2 aromatic carbocycles. The maximum atomic E-state index is 12.1. The first-order valence-corrected chi connectivity index (χ1v) is 7.75. The molecule has 0 spiro atoms. The number of rotatable bonds is 6. The Morgan fingerprint density at radius 2 is 1.92 bits per heavy atom. The number of nitrogens with one attached hydrogen (secondary N) is 1. The van der Waals surface area contributed by atoms with Gasteiger partial charge in [-0.1, -0.05) is 35.3 Å². The van der Waals surface area contributed by atoms with Gasteiger partial charge in [-0.2, -0.15) is 0 Å². The van der Waals surface area contributed by atoms with Crippen LogP contribution in [0, 0.1) is 10.1 Å². The highest BCUT2D eigenvalue weighted by Gasteiger charge is 2.17. The van der Waals surface area contributed by atoms with Crippen LogP contribution in [0.4, 0.5) is 5.69 Å². The van der Waals surface area contributed by atoms with Gasteiger partial charge in [0.05, 0.1) is 9.95 Å². The monoisotopic (exact) mass is 368 g/mol. The fraction of sp³-hybridized carbons (Fsp3) is 0.188. The van der Waals surface area contributed by atoms with Crippen LogP contribution in [0.5, 0.6) is 5.75 Å². The number of amides is 1. The molecule has 0 aliphatic carbocycles. The van der Waals surface area contributed by atoms with Crippen molar-refractivity contribution < 1.29 is 14.5 Å². The molecule has 126 valence electrons. The number of hydrogen-bond donors (Lipinski definition) is 1. The molecule has 0 saturated carbocycles. The average Bonchev–Trinajstić information content (AvgIpc) is 2.55. The van der Waals surface area contributed by atoms with Crippen molar-refractivity contribution in [3.05, 3.63) is 68.2 Å². The summed E-state index contributed by atoms with van der Waals surface area (Å²) in [5.41, 5.74) is 0.750. The third-order valence-electron chi connectivity index (χ3n) is 3.18. The number of nitrogens with zero attached hydrogens (tertiary/aromatic N) is 1. The molecule has 1 atom stereocenters. The lowest BCUT2D eigenvalue weighted by molar-refractivity contribution is -0.384. The van der Waals surface area contributed by atoms with Crippen LogP contribution >= 0.6 is 23.2 Å². The van der Waals surface area contributed by atoms with E-state index in [0.29, 0.717) is 11.6 Å². The molecule has 6 nitrogen and oxygen atoms in total. The molecule has 2 aromatic rings. The minimum Gasteiger partial charge on any atom is -0.479 e. The van der Waals surface area contributed by atoms with Crippen molar-refractivity contribution in [2.24, 2.45) is 0 Å². The number of ether oxygens (including phenoxy) is 1. The van der Waals surface area contributed by atoms with Gasteiger partial charge in [0.1, 0.15) is 5.75 Å². The van der Waals surface area contributed by atoms with Crippen LogP contribution in [-0.2, 0) is 11.3 Å². The zero-order valence-electron chi connectivity index (χ0n) is 12.7. The van der Waals surface area contributed by atoms with E-state index >= 15 is 0 Å². The van der Waals surface area contributed by atoms with Crippen molar-refractivity contribution in [3.63, 3.8) is 0 Å². The van der Waals surface area contributed by atoms with Gasteiger partial charge >= 0.3 is 0 Å². The number of carbonyl (C=O) groups is 1. The van der Waals surface area contributed by atoms with Gasteiger partial charge in [0.15, 0.2) is 6.10 Å². The Hall–Kier alpha value is -2.31. The standard InChI is InChI=1S/C16H14Cl2N2O4/c1-10(16(21)19-9-11-2-4-12(17)5-3-11)24-15-7-6-13(20(22)23)8-14(15)18/h2-8,10H,9H2,1H3,(H,19,21). The molecule has 0 heterocycles. The van der Waals surface area contributed by atoms with Gasteiger partial charge in [-0.05, 0) is 30.7 Å². The minimum absolute atomic E-state index is 0.0709. The number of nitro groups is 1. The molecule has 1 unspecified atom stereocenters. The average molecular weight is 369 g/mol. The number of carbonyl (C=O) groups excluding carboxylic acids is 1. The Morgan fingerprint density at radius 3 is 2.50 bits per heavy atom. The van der Waals surface area contributed by atoms with Crippen LogP contribution in [0.15, 0.2) is 42.5 Å². The van der Waals surface area contributed by atoms with Gasteiger partial charge in [0.2, 0.25) is 0 Å². The molecule has 0 aliphatic heterocycles. The summed E-state index contributed by atoms with van der Waals surface area (Å²) in [6, 6.07) is 10.9. The van der Waals surface area contributed by atoms with Crippen molar-refractivity contribution in [2.45, 2.75) is 19.6 Å². The third-order valence-corrected chi connectivity index (χ3v) is 3.73. The molecule has 2 rings (SSSR count). The van der Waals surface area contributed by atoms with Gasteiger partial charge in [0.25, 0.3) is 11.6 Å². The van der Waals surface area contributed by atoms with Gasteiger partial charge in [-0.25, -0.2) is 0 Å². The summed E-state index contributed by atoms with van der Waals surface area (Å²) in [6.07, 6.45) is -0.809. The van der Waals surface area contributed by atoms with Crippen molar-refractivity contribution in [3.8, 4) is 5.75 Å². The highest BCUT2D eigenvalue weighted by atomic mass is 35.5.